The van der Waals surface area contributed by atoms with Gasteiger partial charge in [-0.2, -0.15) is 0 Å². The second kappa shape index (κ2) is 5.19. The topological polar surface area (TPSA) is 60.2 Å². The third kappa shape index (κ3) is 2.15. The molecule has 0 aliphatic heterocycles. The van der Waals surface area contributed by atoms with Crippen LogP contribution in [-0.2, 0) is 27.4 Å². The van der Waals surface area contributed by atoms with Crippen LogP contribution in [0, 0.1) is 11.3 Å². The fourth-order valence-corrected chi connectivity index (χ4v) is 5.46. The Kier molecular flexibility index (Phi) is 3.71. The van der Waals surface area contributed by atoms with Crippen molar-refractivity contribution in [2.24, 2.45) is 17.1 Å². The van der Waals surface area contributed by atoms with E-state index in [0.29, 0.717) is 0 Å². The molecule has 0 heterocycles. The molecule has 4 atom stereocenters. The van der Waals surface area contributed by atoms with Crippen LogP contribution in [-0.4, -0.2) is 16.4 Å². The first-order chi connectivity index (χ1) is 10.3. The Morgan fingerprint density at radius 3 is 2.68 bits per heavy atom. The predicted octanol–water partition coefficient (Wildman–Crippen LogP) is 2.92. The summed E-state index contributed by atoms with van der Waals surface area (Å²) in [6.07, 6.45) is 6.70. The Balaban J connectivity index is 2.14. The average molecular weight is 319 g/mol. The molecule has 2 N–H and O–H groups in total. The summed E-state index contributed by atoms with van der Waals surface area (Å²) in [5.41, 5.74) is 7.96. The van der Waals surface area contributed by atoms with Gasteiger partial charge >= 0.3 is 0 Å². The molecule has 3 nitrogen and oxygen atoms in total. The molecule has 22 heavy (non-hydrogen) atoms. The van der Waals surface area contributed by atoms with E-state index in [1.54, 1.807) is 6.26 Å². The van der Waals surface area contributed by atoms with Crippen molar-refractivity contribution in [3.8, 4) is 0 Å². The van der Waals surface area contributed by atoms with Crippen molar-refractivity contribution in [2.45, 2.75) is 56.3 Å². The first kappa shape index (κ1) is 15.7. The smallest absolute Gasteiger partial charge is 0.223 e. The molecule has 2 aliphatic rings. The average Bonchev–Trinajstić information content (AvgIpc) is 2.46. The molecule has 0 bridgehead atoms. The molecule has 0 aromatic heterocycles. The van der Waals surface area contributed by atoms with Gasteiger partial charge in [-0.25, -0.2) is 0 Å². The minimum Gasteiger partial charge on any atom is -0.369 e. The predicted molar refractivity (Wildman–Crippen MR) is 89.1 cm³/mol. The molecule has 1 saturated carbocycles. The van der Waals surface area contributed by atoms with E-state index in [2.05, 4.69) is 19.1 Å². The Morgan fingerprint density at radius 2 is 2.05 bits per heavy atom. The van der Waals surface area contributed by atoms with E-state index in [4.69, 9.17) is 5.73 Å². The number of hydrogen-bond donors (Lipinski definition) is 1. The molecular weight excluding hydrogens is 294 g/mol. The summed E-state index contributed by atoms with van der Waals surface area (Å²) in [6, 6.07) is 6.23. The lowest BCUT2D eigenvalue weighted by atomic mass is 9.49. The maximum Gasteiger partial charge on any atom is 0.223 e. The number of rotatable bonds is 2. The van der Waals surface area contributed by atoms with Gasteiger partial charge in [-0.05, 0) is 60.3 Å². The number of benzene rings is 1. The molecule has 4 heteroatoms. The minimum atomic E-state index is -0.977. The third-order valence-corrected chi connectivity index (χ3v) is 7.14. The first-order valence-corrected chi connectivity index (χ1v) is 9.61. The van der Waals surface area contributed by atoms with E-state index >= 15 is 0 Å². The molecule has 3 rings (SSSR count). The first-order valence-electron chi connectivity index (χ1n) is 8.06. The van der Waals surface area contributed by atoms with Gasteiger partial charge in [0, 0.05) is 27.4 Å². The summed E-state index contributed by atoms with van der Waals surface area (Å²) < 4.78 is 11.9. The summed E-state index contributed by atoms with van der Waals surface area (Å²) in [5, 5.41) is 0. The Hall–Kier alpha value is -1.16. The summed E-state index contributed by atoms with van der Waals surface area (Å²) in [4.78, 5) is 13.0. The van der Waals surface area contributed by atoms with Gasteiger partial charge in [-0.15, -0.1) is 0 Å². The quantitative estimate of drug-likeness (QED) is 0.911. The maximum absolute atomic E-state index is 12.1. The lowest BCUT2D eigenvalue weighted by molar-refractivity contribution is -0.135. The van der Waals surface area contributed by atoms with E-state index in [9.17, 15) is 9.00 Å². The number of primary amides is 1. The summed E-state index contributed by atoms with van der Waals surface area (Å²) >= 11 is 0. The zero-order valence-corrected chi connectivity index (χ0v) is 14.5. The van der Waals surface area contributed by atoms with Gasteiger partial charge in [0.2, 0.25) is 5.91 Å². The van der Waals surface area contributed by atoms with Crippen molar-refractivity contribution in [1.82, 2.24) is 0 Å². The van der Waals surface area contributed by atoms with Crippen molar-refractivity contribution >= 4 is 16.7 Å². The number of nitrogens with two attached hydrogens (primary N) is 1. The highest BCUT2D eigenvalue weighted by Crippen LogP contribution is 2.57. The molecular formula is C18H25NO2S. The second-order valence-electron chi connectivity index (χ2n) is 7.42. The zero-order chi connectivity index (χ0) is 16.1. The second-order valence-corrected chi connectivity index (χ2v) is 8.80. The van der Waals surface area contributed by atoms with Crippen LogP contribution in [0.1, 0.15) is 50.7 Å². The largest absolute Gasteiger partial charge is 0.369 e. The van der Waals surface area contributed by atoms with Crippen molar-refractivity contribution in [2.75, 3.05) is 6.26 Å². The van der Waals surface area contributed by atoms with Crippen LogP contribution in [0.25, 0.3) is 0 Å². The lowest BCUT2D eigenvalue weighted by Crippen LogP contribution is -2.54. The van der Waals surface area contributed by atoms with Gasteiger partial charge in [-0.1, -0.05) is 26.3 Å². The standard InChI is InChI=1S/C18H25NO2S/c1-17-9-4-10-18(2,16(19)20)15(17)8-6-12-5-7-13(22(3)21)11-14(12)17/h5,7,11,15H,4,6,8-10H2,1-3H3,(H2,19,20). The number of amides is 1. The van der Waals surface area contributed by atoms with Crippen LogP contribution in [0.5, 0.6) is 0 Å². The monoisotopic (exact) mass is 319 g/mol. The van der Waals surface area contributed by atoms with Crippen LogP contribution >= 0.6 is 0 Å². The number of carbonyl (C=O) groups is 1. The van der Waals surface area contributed by atoms with E-state index in [1.807, 2.05) is 13.0 Å². The molecule has 1 fully saturated rings. The summed E-state index contributed by atoms with van der Waals surface area (Å²) in [7, 11) is -0.977. The summed E-state index contributed by atoms with van der Waals surface area (Å²) in [5.74, 6) is 0.112. The molecule has 1 aromatic carbocycles. The van der Waals surface area contributed by atoms with Gasteiger partial charge in [-0.3, -0.25) is 9.00 Å². The van der Waals surface area contributed by atoms with Crippen LogP contribution in [0.2, 0.25) is 0 Å². The minimum absolute atomic E-state index is 0.0367. The molecule has 0 spiro atoms. The fraction of sp³-hybridized carbons (Fsp3) is 0.611. The van der Waals surface area contributed by atoms with E-state index < -0.39 is 16.2 Å². The molecule has 1 amide bonds. The van der Waals surface area contributed by atoms with Crippen molar-refractivity contribution < 1.29 is 9.00 Å². The van der Waals surface area contributed by atoms with Crippen LogP contribution in [0.4, 0.5) is 0 Å². The van der Waals surface area contributed by atoms with Crippen LogP contribution in [0.3, 0.4) is 0 Å². The molecule has 0 saturated heterocycles. The highest BCUT2D eigenvalue weighted by atomic mass is 32.2. The van der Waals surface area contributed by atoms with E-state index in [-0.39, 0.29) is 17.2 Å². The highest BCUT2D eigenvalue weighted by Gasteiger charge is 2.54. The highest BCUT2D eigenvalue weighted by molar-refractivity contribution is 7.84. The SMILES string of the molecule is CS(=O)c1ccc2c(c1)C1(C)CCCC(C)(C(N)=O)C1CC2. The maximum atomic E-state index is 12.1. The molecule has 2 aliphatic carbocycles. The van der Waals surface area contributed by atoms with Crippen molar-refractivity contribution in [3.63, 3.8) is 0 Å². The number of aryl methyl sites for hydroxylation is 1. The van der Waals surface area contributed by atoms with Gasteiger partial charge < -0.3 is 5.73 Å². The normalized spacial score (nSPS) is 35.3. The zero-order valence-electron chi connectivity index (χ0n) is 13.6. The van der Waals surface area contributed by atoms with Gasteiger partial charge in [0.15, 0.2) is 0 Å². The number of hydrogen-bond acceptors (Lipinski definition) is 2. The van der Waals surface area contributed by atoms with Crippen LogP contribution < -0.4 is 5.73 Å². The van der Waals surface area contributed by atoms with Gasteiger partial charge in [0.1, 0.15) is 0 Å². The van der Waals surface area contributed by atoms with Gasteiger partial charge in [0.25, 0.3) is 0 Å². The van der Waals surface area contributed by atoms with Gasteiger partial charge in [0.05, 0.1) is 0 Å². The third-order valence-electron chi connectivity index (χ3n) is 6.22. The molecule has 120 valence electrons. The Morgan fingerprint density at radius 1 is 1.32 bits per heavy atom. The van der Waals surface area contributed by atoms with Crippen molar-refractivity contribution in [1.29, 1.82) is 0 Å². The summed E-state index contributed by atoms with van der Waals surface area (Å²) in [6.45, 7) is 4.32. The lowest BCUT2D eigenvalue weighted by Gasteiger charge is -2.54. The number of fused-ring (bicyclic) bond motifs is 3. The van der Waals surface area contributed by atoms with E-state index in [0.717, 1.165) is 37.0 Å². The molecule has 0 radical (unpaired) electrons. The Labute approximate surface area is 135 Å². The van der Waals surface area contributed by atoms with Crippen molar-refractivity contribution in [3.05, 3.63) is 29.3 Å². The molecule has 1 aromatic rings. The fourth-order valence-electron chi connectivity index (χ4n) is 4.91. The van der Waals surface area contributed by atoms with E-state index in [1.165, 1.54) is 11.1 Å². The number of carbonyl (C=O) groups excluding carboxylic acids is 1. The Bertz CT molecular complexity index is 656. The molecule has 4 unspecified atom stereocenters. The van der Waals surface area contributed by atoms with Crippen LogP contribution in [0.15, 0.2) is 23.1 Å².